The van der Waals surface area contributed by atoms with Crippen molar-refractivity contribution in [1.82, 2.24) is 20.8 Å². The number of carbonyl (C=O) groups excluding carboxylic acids is 2. The van der Waals surface area contributed by atoms with E-state index < -0.39 is 5.91 Å². The summed E-state index contributed by atoms with van der Waals surface area (Å²) in [6, 6.07) is 20.3. The van der Waals surface area contributed by atoms with Crippen molar-refractivity contribution in [2.75, 3.05) is 0 Å². The van der Waals surface area contributed by atoms with Gasteiger partial charge in [0.1, 0.15) is 5.70 Å². The van der Waals surface area contributed by atoms with Crippen LogP contribution >= 0.6 is 11.3 Å². The molecule has 0 aliphatic carbocycles. The molecule has 0 aliphatic heterocycles. The number of amides is 2. The van der Waals surface area contributed by atoms with Gasteiger partial charge in [-0.3, -0.25) is 9.59 Å². The third-order valence-corrected chi connectivity index (χ3v) is 5.36. The SMILES string of the molecule is Cc1ccc(C(=O)N/C(=C\c2cccs2)C(=O)NCc2nc(-c3ccccc3)no2)cc1. The van der Waals surface area contributed by atoms with E-state index in [2.05, 4.69) is 20.8 Å². The van der Waals surface area contributed by atoms with Crippen molar-refractivity contribution in [2.24, 2.45) is 0 Å². The maximum absolute atomic E-state index is 12.9. The summed E-state index contributed by atoms with van der Waals surface area (Å²) in [5.74, 6) is -0.125. The maximum atomic E-state index is 12.9. The first kappa shape index (κ1) is 21.2. The molecule has 0 saturated carbocycles. The molecule has 4 rings (SSSR count). The van der Waals surface area contributed by atoms with E-state index in [0.717, 1.165) is 16.0 Å². The van der Waals surface area contributed by atoms with E-state index >= 15 is 0 Å². The third kappa shape index (κ3) is 5.35. The predicted molar refractivity (Wildman–Crippen MR) is 123 cm³/mol. The molecule has 4 aromatic rings. The fourth-order valence-corrected chi connectivity index (χ4v) is 3.51. The number of aryl methyl sites for hydroxylation is 1. The Bertz CT molecular complexity index is 1230. The van der Waals surface area contributed by atoms with Crippen molar-refractivity contribution < 1.29 is 14.1 Å². The lowest BCUT2D eigenvalue weighted by Gasteiger charge is -2.10. The molecular weight excluding hydrogens is 424 g/mol. The molecule has 2 N–H and O–H groups in total. The van der Waals surface area contributed by atoms with Crippen LogP contribution in [0, 0.1) is 6.92 Å². The second-order valence-electron chi connectivity index (χ2n) is 6.95. The molecule has 8 heteroatoms. The van der Waals surface area contributed by atoms with E-state index in [9.17, 15) is 9.59 Å². The van der Waals surface area contributed by atoms with Crippen molar-refractivity contribution in [3.05, 3.63) is 99.7 Å². The number of benzene rings is 2. The van der Waals surface area contributed by atoms with Crippen molar-refractivity contribution in [3.63, 3.8) is 0 Å². The molecule has 32 heavy (non-hydrogen) atoms. The molecule has 0 radical (unpaired) electrons. The van der Waals surface area contributed by atoms with Crippen LogP contribution in [0.4, 0.5) is 0 Å². The van der Waals surface area contributed by atoms with Crippen molar-refractivity contribution in [1.29, 1.82) is 0 Å². The lowest BCUT2D eigenvalue weighted by Crippen LogP contribution is -2.34. The summed E-state index contributed by atoms with van der Waals surface area (Å²) in [4.78, 5) is 30.7. The molecule has 0 fully saturated rings. The summed E-state index contributed by atoms with van der Waals surface area (Å²) in [5.41, 5.74) is 2.45. The molecule has 2 heterocycles. The Kier molecular flexibility index (Phi) is 6.52. The number of carbonyl (C=O) groups is 2. The predicted octanol–water partition coefficient (Wildman–Crippen LogP) is 4.19. The van der Waals surface area contributed by atoms with E-state index in [1.54, 1.807) is 18.2 Å². The minimum absolute atomic E-state index is 0.0286. The van der Waals surface area contributed by atoms with Crippen LogP contribution in [-0.4, -0.2) is 22.0 Å². The number of hydrogen-bond donors (Lipinski definition) is 2. The van der Waals surface area contributed by atoms with Crippen LogP contribution in [0.2, 0.25) is 0 Å². The van der Waals surface area contributed by atoms with Gasteiger partial charge in [0.2, 0.25) is 11.7 Å². The van der Waals surface area contributed by atoms with Gasteiger partial charge in [0.15, 0.2) is 0 Å². The Morgan fingerprint density at radius 3 is 2.53 bits per heavy atom. The molecule has 160 valence electrons. The van der Waals surface area contributed by atoms with Crippen LogP contribution in [0.25, 0.3) is 17.5 Å². The smallest absolute Gasteiger partial charge is 0.268 e. The van der Waals surface area contributed by atoms with Crippen molar-refractivity contribution in [2.45, 2.75) is 13.5 Å². The van der Waals surface area contributed by atoms with E-state index in [-0.39, 0.29) is 24.0 Å². The number of nitrogens with one attached hydrogen (secondary N) is 2. The summed E-state index contributed by atoms with van der Waals surface area (Å²) in [5, 5.41) is 11.3. The van der Waals surface area contributed by atoms with Gasteiger partial charge < -0.3 is 15.2 Å². The van der Waals surface area contributed by atoms with Gasteiger partial charge in [-0.15, -0.1) is 11.3 Å². The molecule has 0 atom stereocenters. The molecular formula is C24H20N4O3S. The fourth-order valence-electron chi connectivity index (χ4n) is 2.86. The Labute approximate surface area is 188 Å². The van der Waals surface area contributed by atoms with E-state index in [1.165, 1.54) is 11.3 Å². The zero-order valence-electron chi connectivity index (χ0n) is 17.2. The standard InChI is InChI=1S/C24H20N4O3S/c1-16-9-11-18(12-10-16)23(29)26-20(14-19-8-5-13-32-19)24(30)25-15-21-27-22(28-31-21)17-6-3-2-4-7-17/h2-14H,15H2,1H3,(H,25,30)(H,26,29)/b20-14-. The molecule has 0 saturated heterocycles. The van der Waals surface area contributed by atoms with Gasteiger partial charge in [-0.25, -0.2) is 0 Å². The van der Waals surface area contributed by atoms with Gasteiger partial charge in [-0.05, 0) is 36.6 Å². The van der Waals surface area contributed by atoms with Crippen molar-refractivity contribution >= 4 is 29.2 Å². The third-order valence-electron chi connectivity index (χ3n) is 4.54. The molecule has 2 amide bonds. The molecule has 0 bridgehead atoms. The molecule has 0 unspecified atom stereocenters. The van der Waals surface area contributed by atoms with Gasteiger partial charge in [0.05, 0.1) is 6.54 Å². The minimum atomic E-state index is -0.460. The van der Waals surface area contributed by atoms with Crippen LogP contribution in [-0.2, 0) is 11.3 Å². The van der Waals surface area contributed by atoms with Gasteiger partial charge in [0.25, 0.3) is 11.8 Å². The highest BCUT2D eigenvalue weighted by molar-refractivity contribution is 7.10. The highest BCUT2D eigenvalue weighted by Crippen LogP contribution is 2.16. The van der Waals surface area contributed by atoms with Gasteiger partial charge in [-0.2, -0.15) is 4.98 Å². The Morgan fingerprint density at radius 1 is 1.03 bits per heavy atom. The molecule has 0 spiro atoms. The van der Waals surface area contributed by atoms with Crippen molar-refractivity contribution in [3.8, 4) is 11.4 Å². The average Bonchev–Trinajstić information content (AvgIpc) is 3.50. The van der Waals surface area contributed by atoms with E-state index in [1.807, 2.05) is 66.9 Å². The Balaban J connectivity index is 1.46. The van der Waals surface area contributed by atoms with E-state index in [4.69, 9.17) is 4.52 Å². The van der Waals surface area contributed by atoms with Crippen LogP contribution in [0.1, 0.15) is 26.7 Å². The Hall–Kier alpha value is -4.04. The molecule has 0 aliphatic rings. The number of thiophene rings is 1. The highest BCUT2D eigenvalue weighted by Gasteiger charge is 2.16. The maximum Gasteiger partial charge on any atom is 0.268 e. The van der Waals surface area contributed by atoms with Gasteiger partial charge in [-0.1, -0.05) is 59.3 Å². The fraction of sp³-hybridized carbons (Fsp3) is 0.0833. The number of hydrogen-bond acceptors (Lipinski definition) is 6. The largest absolute Gasteiger partial charge is 0.342 e. The van der Waals surface area contributed by atoms with Crippen LogP contribution < -0.4 is 10.6 Å². The number of aromatic nitrogens is 2. The second-order valence-corrected chi connectivity index (χ2v) is 7.93. The van der Waals surface area contributed by atoms with Crippen LogP contribution in [0.3, 0.4) is 0 Å². The topological polar surface area (TPSA) is 97.1 Å². The summed E-state index contributed by atoms with van der Waals surface area (Å²) in [7, 11) is 0. The van der Waals surface area contributed by atoms with Gasteiger partial charge >= 0.3 is 0 Å². The summed E-state index contributed by atoms with van der Waals surface area (Å²) < 4.78 is 5.24. The second kappa shape index (κ2) is 9.84. The quantitative estimate of drug-likeness (QED) is 0.417. The first-order chi connectivity index (χ1) is 15.6. The molecule has 7 nitrogen and oxygen atoms in total. The first-order valence-corrected chi connectivity index (χ1v) is 10.8. The summed E-state index contributed by atoms with van der Waals surface area (Å²) in [6.45, 7) is 1.97. The van der Waals surface area contributed by atoms with E-state index in [0.29, 0.717) is 11.4 Å². The Morgan fingerprint density at radius 2 is 1.81 bits per heavy atom. The van der Waals surface area contributed by atoms with Gasteiger partial charge in [0, 0.05) is 16.0 Å². The summed E-state index contributed by atoms with van der Waals surface area (Å²) in [6.07, 6.45) is 1.63. The lowest BCUT2D eigenvalue weighted by molar-refractivity contribution is -0.118. The highest BCUT2D eigenvalue weighted by atomic mass is 32.1. The first-order valence-electron chi connectivity index (χ1n) is 9.88. The number of nitrogens with zero attached hydrogens (tertiary/aromatic N) is 2. The van der Waals surface area contributed by atoms with Crippen LogP contribution in [0.15, 0.2) is 82.3 Å². The zero-order chi connectivity index (χ0) is 22.3. The van der Waals surface area contributed by atoms with Crippen LogP contribution in [0.5, 0.6) is 0 Å². The average molecular weight is 445 g/mol. The monoisotopic (exact) mass is 444 g/mol. The number of rotatable bonds is 7. The summed E-state index contributed by atoms with van der Waals surface area (Å²) >= 11 is 1.46. The molecule has 2 aromatic carbocycles. The minimum Gasteiger partial charge on any atom is -0.342 e. The normalized spacial score (nSPS) is 11.2. The zero-order valence-corrected chi connectivity index (χ0v) is 18.1. The lowest BCUT2D eigenvalue weighted by atomic mass is 10.1. The molecule has 2 aromatic heterocycles.